The molecule has 1 aromatic heterocycles. The molecule has 80 valence electrons. The first kappa shape index (κ1) is 11.2. The van der Waals surface area contributed by atoms with Crippen LogP contribution in [-0.2, 0) is 13.0 Å². The molecule has 0 amide bonds. The summed E-state index contributed by atoms with van der Waals surface area (Å²) < 4.78 is 1.90. The minimum atomic E-state index is -0.834. The predicted molar refractivity (Wildman–Crippen MR) is 56.0 cm³/mol. The Bertz CT molecular complexity index is 304. The lowest BCUT2D eigenvalue weighted by Crippen LogP contribution is -2.37. The molecule has 0 aliphatic carbocycles. The van der Waals surface area contributed by atoms with E-state index in [0.717, 1.165) is 17.9 Å². The van der Waals surface area contributed by atoms with Gasteiger partial charge in [-0.2, -0.15) is 5.10 Å². The van der Waals surface area contributed by atoms with Crippen LogP contribution in [0.1, 0.15) is 25.2 Å². The predicted octanol–water partition coefficient (Wildman–Crippen LogP) is 0.464. The van der Waals surface area contributed by atoms with Crippen LogP contribution in [0.15, 0.2) is 6.07 Å². The van der Waals surface area contributed by atoms with Crippen molar-refractivity contribution in [2.75, 3.05) is 6.54 Å². The van der Waals surface area contributed by atoms with Crippen LogP contribution >= 0.6 is 0 Å². The Morgan fingerprint density at radius 2 is 2.29 bits per heavy atom. The zero-order chi connectivity index (χ0) is 10.8. The SMILES string of the molecule is CCn1nc(C)cc1CC(C)(O)CN. The van der Waals surface area contributed by atoms with E-state index in [9.17, 15) is 5.11 Å². The Balaban J connectivity index is 2.85. The van der Waals surface area contributed by atoms with Crippen LogP contribution in [0.3, 0.4) is 0 Å². The quantitative estimate of drug-likeness (QED) is 0.737. The number of hydrogen-bond donors (Lipinski definition) is 2. The molecule has 0 fully saturated rings. The molecule has 0 aliphatic heterocycles. The Morgan fingerprint density at radius 3 is 2.79 bits per heavy atom. The molecule has 0 spiro atoms. The maximum absolute atomic E-state index is 9.84. The lowest BCUT2D eigenvalue weighted by atomic mass is 10.0. The van der Waals surface area contributed by atoms with Crippen molar-refractivity contribution in [2.24, 2.45) is 5.73 Å². The molecule has 4 heteroatoms. The molecule has 14 heavy (non-hydrogen) atoms. The highest BCUT2D eigenvalue weighted by Crippen LogP contribution is 2.13. The maximum atomic E-state index is 9.84. The third-order valence-electron chi connectivity index (χ3n) is 2.29. The van der Waals surface area contributed by atoms with E-state index >= 15 is 0 Å². The van der Waals surface area contributed by atoms with Crippen molar-refractivity contribution in [3.63, 3.8) is 0 Å². The summed E-state index contributed by atoms with van der Waals surface area (Å²) in [7, 11) is 0. The van der Waals surface area contributed by atoms with Gasteiger partial charge in [-0.3, -0.25) is 4.68 Å². The first-order valence-corrected chi connectivity index (χ1v) is 4.94. The second-order valence-corrected chi connectivity index (χ2v) is 3.97. The molecule has 3 N–H and O–H groups in total. The van der Waals surface area contributed by atoms with Gasteiger partial charge in [-0.05, 0) is 26.8 Å². The highest BCUT2D eigenvalue weighted by Gasteiger charge is 2.21. The van der Waals surface area contributed by atoms with E-state index < -0.39 is 5.60 Å². The number of aromatic nitrogens is 2. The summed E-state index contributed by atoms with van der Waals surface area (Å²) in [5.41, 5.74) is 6.66. The van der Waals surface area contributed by atoms with Crippen LogP contribution < -0.4 is 5.73 Å². The molecule has 0 saturated carbocycles. The van der Waals surface area contributed by atoms with Gasteiger partial charge in [0.1, 0.15) is 0 Å². The first-order valence-electron chi connectivity index (χ1n) is 4.94. The Hall–Kier alpha value is -0.870. The standard InChI is InChI=1S/C10H19N3O/c1-4-13-9(5-8(2)12-13)6-10(3,14)7-11/h5,14H,4,6-7,11H2,1-3H3. The zero-order valence-electron chi connectivity index (χ0n) is 9.12. The van der Waals surface area contributed by atoms with E-state index in [4.69, 9.17) is 5.73 Å². The van der Waals surface area contributed by atoms with Gasteiger partial charge in [-0.25, -0.2) is 0 Å². The number of nitrogens with two attached hydrogens (primary N) is 1. The van der Waals surface area contributed by atoms with Crippen molar-refractivity contribution in [1.82, 2.24) is 9.78 Å². The van der Waals surface area contributed by atoms with E-state index in [1.54, 1.807) is 6.92 Å². The van der Waals surface area contributed by atoms with E-state index in [1.807, 2.05) is 24.6 Å². The number of hydrogen-bond acceptors (Lipinski definition) is 3. The summed E-state index contributed by atoms with van der Waals surface area (Å²) in [6.07, 6.45) is 0.554. The van der Waals surface area contributed by atoms with Gasteiger partial charge in [0.05, 0.1) is 11.3 Å². The van der Waals surface area contributed by atoms with Gasteiger partial charge >= 0.3 is 0 Å². The van der Waals surface area contributed by atoms with Crippen LogP contribution in [0.25, 0.3) is 0 Å². The first-order chi connectivity index (χ1) is 6.48. The van der Waals surface area contributed by atoms with Crippen LogP contribution in [0, 0.1) is 6.92 Å². The molecule has 1 rings (SSSR count). The summed E-state index contributed by atoms with van der Waals surface area (Å²) in [4.78, 5) is 0. The minimum Gasteiger partial charge on any atom is -0.388 e. The van der Waals surface area contributed by atoms with Gasteiger partial charge in [0, 0.05) is 25.2 Å². The number of aryl methyl sites for hydroxylation is 2. The lowest BCUT2D eigenvalue weighted by Gasteiger charge is -2.20. The largest absolute Gasteiger partial charge is 0.388 e. The lowest BCUT2D eigenvalue weighted by molar-refractivity contribution is 0.0674. The van der Waals surface area contributed by atoms with Crippen molar-refractivity contribution in [2.45, 2.75) is 39.3 Å². The molecule has 0 aliphatic rings. The molecule has 4 nitrogen and oxygen atoms in total. The number of nitrogens with zero attached hydrogens (tertiary/aromatic N) is 2. The highest BCUT2D eigenvalue weighted by atomic mass is 16.3. The molecule has 0 aromatic carbocycles. The van der Waals surface area contributed by atoms with Crippen LogP contribution in [0.2, 0.25) is 0 Å². The Morgan fingerprint density at radius 1 is 1.64 bits per heavy atom. The van der Waals surface area contributed by atoms with Crippen LogP contribution in [0.4, 0.5) is 0 Å². The van der Waals surface area contributed by atoms with Gasteiger partial charge in [0.15, 0.2) is 0 Å². The number of aliphatic hydroxyl groups is 1. The van der Waals surface area contributed by atoms with E-state index in [1.165, 1.54) is 0 Å². The molecule has 1 unspecified atom stereocenters. The summed E-state index contributed by atoms with van der Waals surface area (Å²) in [5, 5.41) is 14.2. The van der Waals surface area contributed by atoms with Gasteiger partial charge in [0.2, 0.25) is 0 Å². The van der Waals surface area contributed by atoms with E-state index in [0.29, 0.717) is 6.42 Å². The second-order valence-electron chi connectivity index (χ2n) is 3.97. The van der Waals surface area contributed by atoms with Gasteiger partial charge in [0.25, 0.3) is 0 Å². The van der Waals surface area contributed by atoms with Gasteiger partial charge in [-0.1, -0.05) is 0 Å². The topological polar surface area (TPSA) is 64.1 Å². The van der Waals surface area contributed by atoms with E-state index in [2.05, 4.69) is 5.10 Å². The minimum absolute atomic E-state index is 0.265. The zero-order valence-corrected chi connectivity index (χ0v) is 9.12. The van der Waals surface area contributed by atoms with Crippen molar-refractivity contribution >= 4 is 0 Å². The Labute approximate surface area is 84.7 Å². The van der Waals surface area contributed by atoms with Crippen LogP contribution in [0.5, 0.6) is 0 Å². The molecule has 0 bridgehead atoms. The summed E-state index contributed by atoms with van der Waals surface area (Å²) in [6.45, 7) is 6.82. The molecule has 0 saturated heterocycles. The summed E-state index contributed by atoms with van der Waals surface area (Å²) in [5.74, 6) is 0. The van der Waals surface area contributed by atoms with E-state index in [-0.39, 0.29) is 6.54 Å². The number of rotatable bonds is 4. The normalized spacial score (nSPS) is 15.5. The molecular formula is C10H19N3O. The smallest absolute Gasteiger partial charge is 0.0796 e. The van der Waals surface area contributed by atoms with Gasteiger partial charge in [-0.15, -0.1) is 0 Å². The summed E-state index contributed by atoms with van der Waals surface area (Å²) >= 11 is 0. The van der Waals surface area contributed by atoms with Crippen LogP contribution in [-0.4, -0.2) is 27.0 Å². The average Bonchev–Trinajstić information content (AvgIpc) is 2.45. The monoisotopic (exact) mass is 197 g/mol. The fourth-order valence-corrected chi connectivity index (χ4v) is 1.48. The average molecular weight is 197 g/mol. The highest BCUT2D eigenvalue weighted by molar-refractivity contribution is 5.11. The Kier molecular flexibility index (Phi) is 3.29. The molecule has 1 aromatic rings. The van der Waals surface area contributed by atoms with Crippen molar-refractivity contribution in [3.05, 3.63) is 17.5 Å². The maximum Gasteiger partial charge on any atom is 0.0796 e. The van der Waals surface area contributed by atoms with Crippen molar-refractivity contribution in [1.29, 1.82) is 0 Å². The third kappa shape index (κ3) is 2.56. The molecule has 1 heterocycles. The van der Waals surface area contributed by atoms with Crippen molar-refractivity contribution < 1.29 is 5.11 Å². The summed E-state index contributed by atoms with van der Waals surface area (Å²) in [6, 6.07) is 1.99. The van der Waals surface area contributed by atoms with Gasteiger partial charge < -0.3 is 10.8 Å². The van der Waals surface area contributed by atoms with Crippen molar-refractivity contribution in [3.8, 4) is 0 Å². The second kappa shape index (κ2) is 4.11. The molecule has 1 atom stereocenters. The fourth-order valence-electron chi connectivity index (χ4n) is 1.48. The third-order valence-corrected chi connectivity index (χ3v) is 2.29. The molecular weight excluding hydrogens is 178 g/mol. The molecule has 0 radical (unpaired) electrons. The fraction of sp³-hybridized carbons (Fsp3) is 0.700.